The van der Waals surface area contributed by atoms with E-state index in [0.29, 0.717) is 29.1 Å². The lowest BCUT2D eigenvalue weighted by Crippen LogP contribution is -2.48. The zero-order valence-corrected chi connectivity index (χ0v) is 14.4. The molecule has 2 aromatic heterocycles. The highest BCUT2D eigenvalue weighted by Gasteiger charge is 2.23. The summed E-state index contributed by atoms with van der Waals surface area (Å²) in [6.45, 7) is 1.48. The Bertz CT molecular complexity index is 1090. The van der Waals surface area contributed by atoms with Crippen molar-refractivity contribution in [3.63, 3.8) is 0 Å². The largest absolute Gasteiger partial charge is 0.348 e. The van der Waals surface area contributed by atoms with Gasteiger partial charge in [0.05, 0.1) is 11.0 Å². The van der Waals surface area contributed by atoms with Gasteiger partial charge in [-0.05, 0) is 37.1 Å². The Kier molecular flexibility index (Phi) is 4.41. The Morgan fingerprint density at radius 3 is 2.63 bits per heavy atom. The third kappa shape index (κ3) is 3.57. The van der Waals surface area contributed by atoms with Crippen LogP contribution in [-0.2, 0) is 0 Å². The monoisotopic (exact) mass is 366 g/mol. The molecule has 0 saturated carbocycles. The normalized spacial score (nSPS) is 17.0. The van der Waals surface area contributed by atoms with Gasteiger partial charge in [-0.1, -0.05) is 0 Å². The first-order valence-electron chi connectivity index (χ1n) is 8.69. The summed E-state index contributed by atoms with van der Waals surface area (Å²) < 4.78 is 0. The van der Waals surface area contributed by atoms with Crippen LogP contribution < -0.4 is 21.3 Å². The number of piperidine rings is 1. The molecule has 0 spiro atoms. The van der Waals surface area contributed by atoms with E-state index >= 15 is 0 Å². The molecule has 138 valence electrons. The highest BCUT2D eigenvalue weighted by Crippen LogP contribution is 2.16. The number of nitrogens with zero attached hydrogens (tertiary/aromatic N) is 3. The quantitative estimate of drug-likeness (QED) is 0.577. The topological polar surface area (TPSA) is 124 Å². The smallest absolute Gasteiger partial charge is 0.314 e. The summed E-state index contributed by atoms with van der Waals surface area (Å²) in [6, 6.07) is 6.52. The number of carbonyl (C=O) groups is 1. The first-order valence-corrected chi connectivity index (χ1v) is 8.69. The summed E-state index contributed by atoms with van der Waals surface area (Å²) in [5.74, 6) is 0.425. The maximum absolute atomic E-state index is 12.6. The van der Waals surface area contributed by atoms with Crippen LogP contribution in [0.25, 0.3) is 11.0 Å². The second-order valence-corrected chi connectivity index (χ2v) is 6.48. The predicted octanol–water partition coefficient (Wildman–Crippen LogP) is 0.405. The Labute approximate surface area is 153 Å². The molecule has 0 aliphatic carbocycles. The standard InChI is InChI=1S/C18H18N6O3/c25-15(11-4-5-13-14(9-11)23-17(27)16(26)22-13)21-12-3-1-8-24(10-12)18-19-6-2-7-20-18/h2,4-7,9,12H,1,3,8,10H2,(H,21,25)(H,22,26)(H,23,27). The van der Waals surface area contributed by atoms with E-state index in [2.05, 4.69) is 30.2 Å². The van der Waals surface area contributed by atoms with Crippen molar-refractivity contribution in [1.82, 2.24) is 25.3 Å². The molecule has 1 aliphatic rings. The number of nitrogens with one attached hydrogen (secondary N) is 3. The van der Waals surface area contributed by atoms with Crippen molar-refractivity contribution in [3.8, 4) is 0 Å². The van der Waals surface area contributed by atoms with Crippen LogP contribution >= 0.6 is 0 Å². The molecule has 1 unspecified atom stereocenters. The molecule has 27 heavy (non-hydrogen) atoms. The van der Waals surface area contributed by atoms with Gasteiger partial charge in [-0.3, -0.25) is 14.4 Å². The van der Waals surface area contributed by atoms with E-state index in [1.807, 2.05) is 0 Å². The molecular formula is C18H18N6O3. The van der Waals surface area contributed by atoms with Gasteiger partial charge in [-0.2, -0.15) is 0 Å². The lowest BCUT2D eigenvalue weighted by atomic mass is 10.1. The number of aromatic amines is 2. The fraction of sp³-hybridized carbons (Fsp3) is 0.278. The molecule has 1 amide bonds. The van der Waals surface area contributed by atoms with Gasteiger partial charge in [-0.25, -0.2) is 9.97 Å². The highest BCUT2D eigenvalue weighted by atomic mass is 16.2. The van der Waals surface area contributed by atoms with Crippen molar-refractivity contribution in [2.75, 3.05) is 18.0 Å². The fourth-order valence-corrected chi connectivity index (χ4v) is 3.26. The van der Waals surface area contributed by atoms with Gasteiger partial charge in [0.25, 0.3) is 5.91 Å². The molecule has 1 atom stereocenters. The molecule has 3 N–H and O–H groups in total. The molecule has 3 aromatic rings. The third-order valence-corrected chi connectivity index (χ3v) is 4.58. The molecule has 3 heterocycles. The maximum Gasteiger partial charge on any atom is 0.314 e. The molecule has 4 rings (SSSR count). The van der Waals surface area contributed by atoms with Crippen molar-refractivity contribution in [1.29, 1.82) is 0 Å². The summed E-state index contributed by atoms with van der Waals surface area (Å²) in [5, 5.41) is 3.03. The minimum atomic E-state index is -0.745. The van der Waals surface area contributed by atoms with Gasteiger partial charge in [-0.15, -0.1) is 0 Å². The van der Waals surface area contributed by atoms with E-state index in [1.54, 1.807) is 36.7 Å². The van der Waals surface area contributed by atoms with Crippen LogP contribution in [0.15, 0.2) is 46.2 Å². The molecule has 1 fully saturated rings. The van der Waals surface area contributed by atoms with E-state index in [9.17, 15) is 14.4 Å². The number of rotatable bonds is 3. The number of H-pyrrole nitrogens is 2. The zero-order valence-electron chi connectivity index (χ0n) is 14.4. The summed E-state index contributed by atoms with van der Waals surface area (Å²) >= 11 is 0. The summed E-state index contributed by atoms with van der Waals surface area (Å²) in [7, 11) is 0. The number of hydrogen-bond acceptors (Lipinski definition) is 6. The van der Waals surface area contributed by atoms with Crippen LogP contribution in [-0.4, -0.2) is 45.0 Å². The molecule has 9 heteroatoms. The minimum absolute atomic E-state index is 0.0274. The van der Waals surface area contributed by atoms with E-state index < -0.39 is 11.1 Å². The number of aromatic nitrogens is 4. The molecule has 9 nitrogen and oxygen atoms in total. The second-order valence-electron chi connectivity index (χ2n) is 6.48. The Morgan fingerprint density at radius 1 is 1.11 bits per heavy atom. The van der Waals surface area contributed by atoms with Gasteiger partial charge in [0.1, 0.15) is 0 Å². The lowest BCUT2D eigenvalue weighted by Gasteiger charge is -2.33. The number of hydrogen-bond donors (Lipinski definition) is 3. The minimum Gasteiger partial charge on any atom is -0.348 e. The third-order valence-electron chi connectivity index (χ3n) is 4.58. The Morgan fingerprint density at radius 2 is 1.85 bits per heavy atom. The Balaban J connectivity index is 1.50. The van der Waals surface area contributed by atoms with Gasteiger partial charge < -0.3 is 20.2 Å². The van der Waals surface area contributed by atoms with Crippen LogP contribution in [0, 0.1) is 0 Å². The zero-order chi connectivity index (χ0) is 18.8. The van der Waals surface area contributed by atoms with Crippen molar-refractivity contribution in [2.24, 2.45) is 0 Å². The molecule has 0 bridgehead atoms. The molecule has 1 aliphatic heterocycles. The van der Waals surface area contributed by atoms with Crippen molar-refractivity contribution in [3.05, 3.63) is 62.9 Å². The number of carbonyl (C=O) groups excluding carboxylic acids is 1. The van der Waals surface area contributed by atoms with Crippen LogP contribution in [0.5, 0.6) is 0 Å². The van der Waals surface area contributed by atoms with Crippen molar-refractivity contribution >= 4 is 22.9 Å². The lowest BCUT2D eigenvalue weighted by molar-refractivity contribution is 0.0933. The summed E-state index contributed by atoms with van der Waals surface area (Å²) in [4.78, 5) is 51.0. The molecule has 0 radical (unpaired) electrons. The van der Waals surface area contributed by atoms with E-state index in [1.165, 1.54) is 0 Å². The first kappa shape index (κ1) is 17.0. The number of fused-ring (bicyclic) bond motifs is 1. The summed E-state index contributed by atoms with van der Waals surface area (Å²) in [5.41, 5.74) is -0.161. The number of benzene rings is 1. The average molecular weight is 366 g/mol. The van der Waals surface area contributed by atoms with E-state index in [4.69, 9.17) is 0 Å². The first-order chi connectivity index (χ1) is 13.1. The van der Waals surface area contributed by atoms with Crippen molar-refractivity contribution < 1.29 is 4.79 Å². The Hall–Kier alpha value is -3.49. The SMILES string of the molecule is O=C(NC1CCCN(c2ncccn2)C1)c1ccc2[nH]c(=O)c(=O)[nH]c2c1. The average Bonchev–Trinajstić information content (AvgIpc) is 2.69. The molecule has 1 aromatic carbocycles. The van der Waals surface area contributed by atoms with Crippen LogP contribution in [0.1, 0.15) is 23.2 Å². The van der Waals surface area contributed by atoms with Crippen LogP contribution in [0.3, 0.4) is 0 Å². The van der Waals surface area contributed by atoms with E-state index in [0.717, 1.165) is 19.4 Å². The van der Waals surface area contributed by atoms with E-state index in [-0.39, 0.29) is 11.9 Å². The fourth-order valence-electron chi connectivity index (χ4n) is 3.26. The van der Waals surface area contributed by atoms with Gasteiger partial charge >= 0.3 is 11.1 Å². The molecular weight excluding hydrogens is 348 g/mol. The van der Waals surface area contributed by atoms with Crippen LogP contribution in [0.2, 0.25) is 0 Å². The van der Waals surface area contributed by atoms with Gasteiger partial charge in [0.15, 0.2) is 0 Å². The highest BCUT2D eigenvalue weighted by molar-refractivity contribution is 5.97. The van der Waals surface area contributed by atoms with Crippen molar-refractivity contribution in [2.45, 2.75) is 18.9 Å². The van der Waals surface area contributed by atoms with Gasteiger partial charge in [0, 0.05) is 37.1 Å². The number of amides is 1. The predicted molar refractivity (Wildman–Crippen MR) is 99.9 cm³/mol. The second kappa shape index (κ2) is 7.02. The van der Waals surface area contributed by atoms with Crippen LogP contribution in [0.4, 0.5) is 5.95 Å². The number of anilines is 1. The molecule has 1 saturated heterocycles. The van der Waals surface area contributed by atoms with Gasteiger partial charge in [0.2, 0.25) is 5.95 Å². The summed E-state index contributed by atoms with van der Waals surface area (Å²) in [6.07, 6.45) is 5.19. The maximum atomic E-state index is 12.6.